The minimum absolute atomic E-state index is 0.102. The largest absolute Gasteiger partial charge is 0.344 e. The summed E-state index contributed by atoms with van der Waals surface area (Å²) in [4.78, 5) is 68.8. The highest BCUT2D eigenvalue weighted by Crippen LogP contribution is 2.11. The first-order chi connectivity index (χ1) is 26.2. The summed E-state index contributed by atoms with van der Waals surface area (Å²) in [6.07, 6.45) is 4.80. The SMILES string of the molecule is CC(C)NCCCC(NC(=O)C(CCCNC(C)C)NC(C)(C)C)C(=O)NC(CCCN)C(=O)NC(CCCNC(C)C)C(=O)NC(CCCN)C(=O)C(C)C. The van der Waals surface area contributed by atoms with Crippen molar-refractivity contribution in [2.75, 3.05) is 32.7 Å². The van der Waals surface area contributed by atoms with E-state index in [4.69, 9.17) is 11.5 Å². The summed E-state index contributed by atoms with van der Waals surface area (Å²) in [5.41, 5.74) is 11.2. The highest BCUT2D eigenvalue weighted by atomic mass is 16.2. The van der Waals surface area contributed by atoms with E-state index in [-0.39, 0.29) is 48.2 Å². The Labute approximate surface area is 339 Å². The molecule has 328 valence electrons. The van der Waals surface area contributed by atoms with Crippen molar-refractivity contribution in [2.24, 2.45) is 17.4 Å². The van der Waals surface area contributed by atoms with Gasteiger partial charge >= 0.3 is 0 Å². The van der Waals surface area contributed by atoms with Crippen molar-refractivity contribution in [3.05, 3.63) is 0 Å². The zero-order valence-corrected chi connectivity index (χ0v) is 37.0. The lowest BCUT2D eigenvalue weighted by Gasteiger charge is -2.30. The van der Waals surface area contributed by atoms with Crippen LogP contribution in [0.15, 0.2) is 0 Å². The number of ketones is 1. The molecule has 0 aromatic heterocycles. The normalized spacial score (nSPS) is 14.7. The van der Waals surface area contributed by atoms with Crippen LogP contribution in [-0.4, -0.2) is 116 Å². The van der Waals surface area contributed by atoms with E-state index in [0.29, 0.717) is 77.0 Å². The monoisotopic (exact) mass is 797 g/mol. The molecular formula is C41H84N10O5. The van der Waals surface area contributed by atoms with E-state index in [9.17, 15) is 24.0 Å². The maximum Gasteiger partial charge on any atom is 0.243 e. The Morgan fingerprint density at radius 1 is 0.446 bits per heavy atom. The topological polar surface area (TPSA) is 234 Å². The molecule has 0 aromatic carbocycles. The second kappa shape index (κ2) is 29.5. The van der Waals surface area contributed by atoms with E-state index in [2.05, 4.69) is 56.4 Å². The highest BCUT2D eigenvalue weighted by Gasteiger charge is 2.33. The second-order valence-electron chi connectivity index (χ2n) is 17.4. The van der Waals surface area contributed by atoms with Gasteiger partial charge in [0.2, 0.25) is 23.6 Å². The van der Waals surface area contributed by atoms with Gasteiger partial charge in [0, 0.05) is 29.6 Å². The van der Waals surface area contributed by atoms with Crippen LogP contribution in [0.2, 0.25) is 0 Å². The molecule has 5 atom stereocenters. The number of Topliss-reactive ketones (excluding diaryl/α,β-unsaturated/α-hetero) is 1. The van der Waals surface area contributed by atoms with Gasteiger partial charge in [0.1, 0.15) is 18.1 Å². The third-order valence-electron chi connectivity index (χ3n) is 9.11. The first-order valence-corrected chi connectivity index (χ1v) is 21.3. The first-order valence-electron chi connectivity index (χ1n) is 21.3. The second-order valence-corrected chi connectivity index (χ2v) is 17.4. The third kappa shape index (κ3) is 25.5. The smallest absolute Gasteiger partial charge is 0.243 e. The Morgan fingerprint density at radius 2 is 0.732 bits per heavy atom. The lowest BCUT2D eigenvalue weighted by molar-refractivity contribution is -0.135. The molecule has 4 amide bonds. The number of nitrogens with two attached hydrogens (primary N) is 2. The molecule has 0 aromatic rings. The van der Waals surface area contributed by atoms with Crippen LogP contribution in [-0.2, 0) is 24.0 Å². The summed E-state index contributed by atoms with van der Waals surface area (Å²) in [7, 11) is 0. The minimum atomic E-state index is -1.01. The van der Waals surface area contributed by atoms with Crippen LogP contribution in [0, 0.1) is 5.92 Å². The predicted molar refractivity (Wildman–Crippen MR) is 228 cm³/mol. The van der Waals surface area contributed by atoms with E-state index in [1.807, 2.05) is 48.5 Å². The first kappa shape index (κ1) is 53.3. The molecule has 15 nitrogen and oxygen atoms in total. The van der Waals surface area contributed by atoms with Crippen molar-refractivity contribution in [1.29, 1.82) is 0 Å². The average molecular weight is 797 g/mol. The van der Waals surface area contributed by atoms with E-state index < -0.39 is 47.9 Å². The fourth-order valence-corrected chi connectivity index (χ4v) is 6.11. The number of carbonyl (C=O) groups is 5. The van der Waals surface area contributed by atoms with E-state index in [0.717, 1.165) is 13.0 Å². The van der Waals surface area contributed by atoms with Crippen LogP contribution in [0.25, 0.3) is 0 Å². The molecular weight excluding hydrogens is 713 g/mol. The molecule has 0 fully saturated rings. The fourth-order valence-electron chi connectivity index (χ4n) is 6.11. The molecule has 5 unspecified atom stereocenters. The molecule has 0 aliphatic heterocycles. The Bertz CT molecular complexity index is 1130. The van der Waals surface area contributed by atoms with Gasteiger partial charge < -0.3 is 54.0 Å². The molecule has 12 N–H and O–H groups in total. The maximum absolute atomic E-state index is 14.1. The molecule has 56 heavy (non-hydrogen) atoms. The molecule has 0 radical (unpaired) electrons. The molecule has 0 rings (SSSR count). The van der Waals surface area contributed by atoms with Gasteiger partial charge in [0.25, 0.3) is 0 Å². The lowest BCUT2D eigenvalue weighted by Crippen LogP contribution is -2.59. The molecule has 0 spiro atoms. The summed E-state index contributed by atoms with van der Waals surface area (Å²) in [6.45, 7) is 24.6. The highest BCUT2D eigenvalue weighted by molar-refractivity contribution is 5.96. The summed E-state index contributed by atoms with van der Waals surface area (Å²) in [6, 6.07) is -3.32. The van der Waals surface area contributed by atoms with Gasteiger partial charge in [-0.2, -0.15) is 0 Å². The van der Waals surface area contributed by atoms with Crippen LogP contribution in [0.5, 0.6) is 0 Å². The number of carbonyl (C=O) groups excluding carboxylic acids is 5. The molecule has 0 heterocycles. The Balaban J connectivity index is 6.35. The third-order valence-corrected chi connectivity index (χ3v) is 9.11. The van der Waals surface area contributed by atoms with Crippen LogP contribution in [0.1, 0.15) is 140 Å². The van der Waals surface area contributed by atoms with Crippen molar-refractivity contribution in [3.63, 3.8) is 0 Å². The quantitative estimate of drug-likeness (QED) is 0.0441. The number of nitrogens with one attached hydrogen (secondary N) is 8. The summed E-state index contributed by atoms with van der Waals surface area (Å²) in [5.74, 6) is -2.16. The maximum atomic E-state index is 14.1. The van der Waals surface area contributed by atoms with Crippen molar-refractivity contribution < 1.29 is 24.0 Å². The van der Waals surface area contributed by atoms with Gasteiger partial charge in [0.15, 0.2) is 5.78 Å². The zero-order valence-electron chi connectivity index (χ0n) is 37.0. The van der Waals surface area contributed by atoms with Gasteiger partial charge in [-0.1, -0.05) is 55.4 Å². The van der Waals surface area contributed by atoms with Crippen LogP contribution < -0.4 is 54.0 Å². The minimum Gasteiger partial charge on any atom is -0.344 e. The Kier molecular flexibility index (Phi) is 28.1. The molecule has 0 saturated carbocycles. The van der Waals surface area contributed by atoms with E-state index in [1.165, 1.54) is 0 Å². The number of amides is 4. The van der Waals surface area contributed by atoms with E-state index >= 15 is 0 Å². The van der Waals surface area contributed by atoms with Gasteiger partial charge in [-0.05, 0) is 118 Å². The summed E-state index contributed by atoms with van der Waals surface area (Å²) < 4.78 is 0. The van der Waals surface area contributed by atoms with Crippen LogP contribution in [0.4, 0.5) is 0 Å². The predicted octanol–water partition coefficient (Wildman–Crippen LogP) is 1.72. The molecule has 0 aliphatic rings. The van der Waals surface area contributed by atoms with Crippen molar-refractivity contribution >= 4 is 29.4 Å². The fraction of sp³-hybridized carbons (Fsp3) is 0.878. The van der Waals surface area contributed by atoms with Crippen LogP contribution in [0.3, 0.4) is 0 Å². The van der Waals surface area contributed by atoms with Gasteiger partial charge in [-0.3, -0.25) is 24.0 Å². The number of hydrogen-bond acceptors (Lipinski definition) is 11. The molecule has 0 aliphatic carbocycles. The molecule has 15 heteroatoms. The zero-order chi connectivity index (χ0) is 42.8. The Morgan fingerprint density at radius 3 is 1.04 bits per heavy atom. The van der Waals surface area contributed by atoms with E-state index in [1.54, 1.807) is 13.8 Å². The van der Waals surface area contributed by atoms with Crippen molar-refractivity contribution in [2.45, 2.75) is 194 Å². The van der Waals surface area contributed by atoms with Crippen LogP contribution >= 0.6 is 0 Å². The average Bonchev–Trinajstić information content (AvgIpc) is 3.10. The summed E-state index contributed by atoms with van der Waals surface area (Å²) >= 11 is 0. The van der Waals surface area contributed by atoms with Gasteiger partial charge in [-0.25, -0.2) is 0 Å². The lowest BCUT2D eigenvalue weighted by atomic mass is 9.97. The number of rotatable bonds is 32. The van der Waals surface area contributed by atoms with Gasteiger partial charge in [-0.15, -0.1) is 0 Å². The van der Waals surface area contributed by atoms with Gasteiger partial charge in [0.05, 0.1) is 12.1 Å². The molecule has 0 bridgehead atoms. The summed E-state index contributed by atoms with van der Waals surface area (Å²) in [5, 5.41) is 25.2. The molecule has 0 saturated heterocycles. The Hall–Kier alpha value is -2.69. The van der Waals surface area contributed by atoms with Crippen molar-refractivity contribution in [3.8, 4) is 0 Å². The van der Waals surface area contributed by atoms with Crippen molar-refractivity contribution in [1.82, 2.24) is 42.5 Å². The number of hydrogen-bond donors (Lipinski definition) is 10. The standard InChI is InChI=1S/C41H84N10O5/c1-27(2)36(52)31(17-12-22-42)47-37(53)33(19-14-24-44-28(3)4)49-38(54)32(18-13-23-43)48-39(55)34(20-15-25-45-29(5)6)50-40(56)35(51-41(9,10)11)21-16-26-46-30(7)8/h27-35,44-46,51H,12-26,42-43H2,1-11H3,(H,47,53)(H,48,55)(H,49,54)(H,50,56).